The molecule has 0 saturated carbocycles. The molecule has 4 heteroatoms. The first-order chi connectivity index (χ1) is 12.0. The summed E-state index contributed by atoms with van der Waals surface area (Å²) in [5.74, 6) is 0.160. The van der Waals surface area contributed by atoms with E-state index in [0.29, 0.717) is 13.1 Å². The molecule has 1 atom stereocenters. The molecule has 1 aromatic heterocycles. The number of aliphatic hydroxyl groups excluding tert-OH is 1. The molecule has 1 aromatic carbocycles. The number of aliphatic hydroxyl groups is 1. The summed E-state index contributed by atoms with van der Waals surface area (Å²) in [6, 6.07) is 12.5. The van der Waals surface area contributed by atoms with E-state index in [2.05, 4.69) is 40.7 Å². The predicted octanol–water partition coefficient (Wildman–Crippen LogP) is 2.99. The van der Waals surface area contributed by atoms with E-state index >= 15 is 0 Å². The van der Waals surface area contributed by atoms with Gasteiger partial charge in [-0.15, -0.1) is 0 Å². The lowest BCUT2D eigenvalue weighted by molar-refractivity contribution is 0.0634. The van der Waals surface area contributed by atoms with Gasteiger partial charge in [-0.25, -0.2) is 0 Å². The van der Waals surface area contributed by atoms with Gasteiger partial charge in [-0.3, -0.25) is 9.69 Å². The Morgan fingerprint density at radius 1 is 1.24 bits per heavy atom. The number of hydrogen-bond acceptors (Lipinski definition) is 3. The summed E-state index contributed by atoms with van der Waals surface area (Å²) in [6.45, 7) is 6.90. The highest BCUT2D eigenvalue weighted by atomic mass is 16.3. The Kier molecular flexibility index (Phi) is 5.71. The Hall–Kier alpha value is -1.91. The van der Waals surface area contributed by atoms with Gasteiger partial charge in [-0.05, 0) is 51.3 Å². The maximum atomic E-state index is 12.7. The van der Waals surface area contributed by atoms with Gasteiger partial charge < -0.3 is 9.67 Å². The van der Waals surface area contributed by atoms with Gasteiger partial charge in [0.1, 0.15) is 0 Å². The zero-order valence-electron chi connectivity index (χ0n) is 15.2. The van der Waals surface area contributed by atoms with Crippen molar-refractivity contribution in [3.8, 4) is 0 Å². The smallest absolute Gasteiger partial charge is 0.178 e. The summed E-state index contributed by atoms with van der Waals surface area (Å²) in [5.41, 5.74) is 4.32. The van der Waals surface area contributed by atoms with Crippen molar-refractivity contribution in [1.29, 1.82) is 0 Å². The molecule has 2 heterocycles. The molecule has 1 aliphatic heterocycles. The van der Waals surface area contributed by atoms with Gasteiger partial charge in [0.05, 0.1) is 12.6 Å². The molecule has 1 saturated heterocycles. The van der Waals surface area contributed by atoms with Gasteiger partial charge in [-0.1, -0.05) is 30.3 Å². The summed E-state index contributed by atoms with van der Waals surface area (Å²) in [7, 11) is 0. The first kappa shape index (κ1) is 17.9. The predicted molar refractivity (Wildman–Crippen MR) is 100 cm³/mol. The van der Waals surface area contributed by atoms with Gasteiger partial charge in [0.2, 0.25) is 0 Å². The van der Waals surface area contributed by atoms with Crippen molar-refractivity contribution in [2.24, 2.45) is 0 Å². The van der Waals surface area contributed by atoms with Crippen molar-refractivity contribution in [2.45, 2.75) is 45.8 Å². The Balaban J connectivity index is 1.67. The molecule has 1 fully saturated rings. The van der Waals surface area contributed by atoms with Gasteiger partial charge in [-0.2, -0.15) is 0 Å². The maximum Gasteiger partial charge on any atom is 0.178 e. The number of β-amino-alcohol motifs (C(OH)–C–C–N with tert-alkyl or cyclic N) is 1. The molecule has 1 N–H and O–H groups in total. The summed E-state index contributed by atoms with van der Waals surface area (Å²) in [4.78, 5) is 14.8. The number of rotatable bonds is 6. The molecule has 1 aliphatic rings. The minimum absolute atomic E-state index is 0.160. The van der Waals surface area contributed by atoms with E-state index < -0.39 is 0 Å². The van der Waals surface area contributed by atoms with Crippen LogP contribution < -0.4 is 0 Å². The number of aryl methyl sites for hydroxylation is 2. The number of carbonyl (C=O) groups is 1. The summed E-state index contributed by atoms with van der Waals surface area (Å²) < 4.78 is 2.24. The minimum atomic E-state index is -0.292. The fourth-order valence-corrected chi connectivity index (χ4v) is 3.78. The second-order valence-corrected chi connectivity index (χ2v) is 7.13. The molecule has 0 spiro atoms. The van der Waals surface area contributed by atoms with Gasteiger partial charge >= 0.3 is 0 Å². The monoisotopic (exact) mass is 340 g/mol. The third-order valence-corrected chi connectivity index (χ3v) is 5.19. The number of benzene rings is 1. The van der Waals surface area contributed by atoms with Crippen molar-refractivity contribution >= 4 is 5.78 Å². The Labute approximate surface area is 150 Å². The lowest BCUT2D eigenvalue weighted by atomic mass is 10.1. The zero-order valence-corrected chi connectivity index (χ0v) is 15.2. The summed E-state index contributed by atoms with van der Waals surface area (Å²) in [5, 5.41) is 9.79. The third kappa shape index (κ3) is 4.39. The number of carbonyl (C=O) groups excluding carboxylic acids is 1. The number of piperidine rings is 1. The third-order valence-electron chi connectivity index (χ3n) is 5.19. The van der Waals surface area contributed by atoms with Crippen LogP contribution in [-0.4, -0.2) is 46.1 Å². The van der Waals surface area contributed by atoms with Crippen molar-refractivity contribution < 1.29 is 9.90 Å². The molecule has 1 unspecified atom stereocenters. The highest BCUT2D eigenvalue weighted by Gasteiger charge is 2.22. The normalized spacial score (nSPS) is 18.4. The van der Waals surface area contributed by atoms with Crippen molar-refractivity contribution in [3.63, 3.8) is 0 Å². The van der Waals surface area contributed by atoms with Crippen LogP contribution in [0.25, 0.3) is 0 Å². The fourth-order valence-electron chi connectivity index (χ4n) is 3.78. The summed E-state index contributed by atoms with van der Waals surface area (Å²) in [6.07, 6.45) is 2.48. The molecular weight excluding hydrogens is 312 g/mol. The fraction of sp³-hybridized carbons (Fsp3) is 0.476. The molecule has 0 bridgehead atoms. The molecule has 4 nitrogen and oxygen atoms in total. The minimum Gasteiger partial charge on any atom is -0.392 e. The van der Waals surface area contributed by atoms with Crippen LogP contribution >= 0.6 is 0 Å². The number of nitrogens with zero attached hydrogens (tertiary/aromatic N) is 2. The molecule has 0 aliphatic carbocycles. The van der Waals surface area contributed by atoms with Crippen LogP contribution in [0.4, 0.5) is 0 Å². The first-order valence-corrected chi connectivity index (χ1v) is 9.19. The van der Waals surface area contributed by atoms with Gasteiger partial charge in [0.15, 0.2) is 5.78 Å². The highest BCUT2D eigenvalue weighted by molar-refractivity contribution is 5.99. The van der Waals surface area contributed by atoms with E-state index in [9.17, 15) is 9.90 Å². The number of ketones is 1. The van der Waals surface area contributed by atoms with E-state index in [-0.39, 0.29) is 11.9 Å². The van der Waals surface area contributed by atoms with Crippen LogP contribution in [0.5, 0.6) is 0 Å². The SMILES string of the molecule is Cc1cc(C(=O)CN2CCCC(O)C2)c(C)n1CCc1ccccc1. The van der Waals surface area contributed by atoms with Crippen LogP contribution in [0.2, 0.25) is 0 Å². The second kappa shape index (κ2) is 7.98. The van der Waals surface area contributed by atoms with E-state index in [4.69, 9.17) is 0 Å². The summed E-state index contributed by atoms with van der Waals surface area (Å²) >= 11 is 0. The molecule has 134 valence electrons. The number of hydrogen-bond donors (Lipinski definition) is 1. The zero-order chi connectivity index (χ0) is 17.8. The number of aromatic nitrogens is 1. The van der Waals surface area contributed by atoms with Crippen LogP contribution in [0.1, 0.15) is 40.2 Å². The standard InChI is InChI=1S/C21H28N2O2/c1-16-13-20(21(25)15-22-11-6-9-19(24)14-22)17(2)23(16)12-10-18-7-4-3-5-8-18/h3-5,7-8,13,19,24H,6,9-12,14-15H2,1-2H3. The Bertz CT molecular complexity index is 721. The van der Waals surface area contributed by atoms with E-state index in [1.807, 2.05) is 19.1 Å². The van der Waals surface area contributed by atoms with Crippen LogP contribution in [-0.2, 0) is 13.0 Å². The topological polar surface area (TPSA) is 45.5 Å². The van der Waals surface area contributed by atoms with Crippen molar-refractivity contribution in [1.82, 2.24) is 9.47 Å². The Morgan fingerprint density at radius 2 is 2.00 bits per heavy atom. The average Bonchev–Trinajstić information content (AvgIpc) is 2.88. The van der Waals surface area contributed by atoms with E-state index in [0.717, 1.165) is 49.3 Å². The van der Waals surface area contributed by atoms with Gasteiger partial charge in [0.25, 0.3) is 0 Å². The van der Waals surface area contributed by atoms with Crippen LogP contribution in [0.3, 0.4) is 0 Å². The van der Waals surface area contributed by atoms with Crippen LogP contribution in [0, 0.1) is 13.8 Å². The second-order valence-electron chi connectivity index (χ2n) is 7.13. The van der Waals surface area contributed by atoms with Crippen molar-refractivity contribution in [2.75, 3.05) is 19.6 Å². The average molecular weight is 340 g/mol. The number of likely N-dealkylation sites (tertiary alicyclic amines) is 1. The van der Waals surface area contributed by atoms with Crippen LogP contribution in [0.15, 0.2) is 36.4 Å². The lowest BCUT2D eigenvalue weighted by Crippen LogP contribution is -2.41. The maximum absolute atomic E-state index is 12.7. The highest BCUT2D eigenvalue weighted by Crippen LogP contribution is 2.18. The molecule has 3 rings (SSSR count). The largest absolute Gasteiger partial charge is 0.392 e. The molecular formula is C21H28N2O2. The lowest BCUT2D eigenvalue weighted by Gasteiger charge is -2.29. The molecule has 0 amide bonds. The van der Waals surface area contributed by atoms with E-state index in [1.54, 1.807) is 0 Å². The molecule has 0 radical (unpaired) electrons. The number of Topliss-reactive ketones (excluding diaryl/α,β-unsaturated/α-hetero) is 1. The molecule has 2 aromatic rings. The van der Waals surface area contributed by atoms with Crippen molar-refractivity contribution in [3.05, 3.63) is 58.9 Å². The quantitative estimate of drug-likeness (QED) is 0.822. The Morgan fingerprint density at radius 3 is 2.72 bits per heavy atom. The van der Waals surface area contributed by atoms with Gasteiger partial charge in [0, 0.05) is 30.0 Å². The molecule has 25 heavy (non-hydrogen) atoms. The van der Waals surface area contributed by atoms with E-state index in [1.165, 1.54) is 5.56 Å². The first-order valence-electron chi connectivity index (χ1n) is 9.19.